The molecule has 228 valence electrons. The van der Waals surface area contributed by atoms with Gasteiger partial charge in [0, 0.05) is 30.9 Å². The number of halogens is 2. The highest BCUT2D eigenvalue weighted by atomic mass is 35.5. The van der Waals surface area contributed by atoms with Crippen molar-refractivity contribution in [1.82, 2.24) is 15.1 Å². The molecular formula is C32H42ClFN4O4. The average Bonchev–Trinajstić information content (AvgIpc) is 3.60. The number of amides is 3. The Hall–Kier alpha value is -2.49. The summed E-state index contributed by atoms with van der Waals surface area (Å²) < 4.78 is 20.2. The maximum atomic E-state index is 14.3. The number of likely N-dealkylation sites (tertiary alicyclic amines) is 2. The van der Waals surface area contributed by atoms with Crippen molar-refractivity contribution >= 4 is 35.0 Å². The van der Waals surface area contributed by atoms with Gasteiger partial charge in [0.15, 0.2) is 0 Å². The van der Waals surface area contributed by atoms with Gasteiger partial charge in [-0.15, -0.1) is 0 Å². The van der Waals surface area contributed by atoms with Gasteiger partial charge in [-0.2, -0.15) is 0 Å². The number of piperidine rings is 1. The summed E-state index contributed by atoms with van der Waals surface area (Å²) in [5.74, 6) is -2.26. The van der Waals surface area contributed by atoms with Crippen LogP contribution in [0.4, 0.5) is 10.1 Å². The number of hydrogen-bond acceptors (Lipinski definition) is 5. The van der Waals surface area contributed by atoms with Crippen molar-refractivity contribution in [3.8, 4) is 0 Å². The second-order valence-electron chi connectivity index (χ2n) is 13.1. The lowest BCUT2D eigenvalue weighted by molar-refractivity contribution is -0.142. The Morgan fingerprint density at radius 3 is 2.67 bits per heavy atom. The Labute approximate surface area is 252 Å². The van der Waals surface area contributed by atoms with E-state index in [0.29, 0.717) is 36.7 Å². The first-order chi connectivity index (χ1) is 20.1. The van der Waals surface area contributed by atoms with E-state index in [2.05, 4.69) is 36.3 Å². The van der Waals surface area contributed by atoms with Crippen molar-refractivity contribution in [3.63, 3.8) is 0 Å². The predicted molar refractivity (Wildman–Crippen MR) is 158 cm³/mol. The average molecular weight is 601 g/mol. The molecule has 4 aliphatic heterocycles. The largest absolute Gasteiger partial charge is 0.359 e. The quantitative estimate of drug-likeness (QED) is 0.453. The highest BCUT2D eigenvalue weighted by molar-refractivity contribution is 6.31. The van der Waals surface area contributed by atoms with Gasteiger partial charge < -0.3 is 20.3 Å². The van der Waals surface area contributed by atoms with Gasteiger partial charge in [-0.25, -0.2) is 4.39 Å². The smallest absolute Gasteiger partial charge is 0.246 e. The Kier molecular flexibility index (Phi) is 8.13. The van der Waals surface area contributed by atoms with E-state index in [1.54, 1.807) is 4.90 Å². The molecule has 6 rings (SSSR count). The van der Waals surface area contributed by atoms with Gasteiger partial charge in [0.2, 0.25) is 17.7 Å². The molecule has 42 heavy (non-hydrogen) atoms. The summed E-state index contributed by atoms with van der Waals surface area (Å²) >= 11 is 5.94. The molecule has 7 unspecified atom stereocenters. The number of anilines is 1. The fourth-order valence-corrected chi connectivity index (χ4v) is 8.26. The molecule has 1 aromatic carbocycles. The van der Waals surface area contributed by atoms with E-state index in [-0.39, 0.29) is 22.9 Å². The van der Waals surface area contributed by atoms with E-state index in [4.69, 9.17) is 16.3 Å². The fourth-order valence-electron chi connectivity index (χ4n) is 8.08. The molecule has 4 fully saturated rings. The number of hydrogen-bond donors (Lipinski definition) is 2. The molecule has 1 spiro atoms. The minimum Gasteiger partial charge on any atom is -0.359 e. The van der Waals surface area contributed by atoms with Crippen LogP contribution < -0.4 is 10.6 Å². The number of carbonyl (C=O) groups is 3. The highest BCUT2D eigenvalue weighted by Crippen LogP contribution is 2.55. The number of benzene rings is 1. The number of nitrogens with zero attached hydrogens (tertiary/aromatic N) is 2. The molecule has 8 nitrogen and oxygen atoms in total. The lowest BCUT2D eigenvalue weighted by Gasteiger charge is -2.39. The van der Waals surface area contributed by atoms with Gasteiger partial charge in [0.25, 0.3) is 0 Å². The van der Waals surface area contributed by atoms with Crippen LogP contribution in [0.25, 0.3) is 0 Å². The monoisotopic (exact) mass is 600 g/mol. The zero-order chi connectivity index (χ0) is 29.8. The van der Waals surface area contributed by atoms with Crippen LogP contribution in [0, 0.1) is 29.5 Å². The molecule has 2 bridgehead atoms. The van der Waals surface area contributed by atoms with E-state index in [0.717, 1.165) is 38.6 Å². The van der Waals surface area contributed by atoms with Crippen LogP contribution in [0.2, 0.25) is 5.02 Å². The molecule has 1 aromatic rings. The SMILES string of the molecule is CC1CCCC(NC(=O)C2N(CCN3CCCCC3C)C(=O)[C@@H]3C(C(=O)Nc4ccc(F)c(Cl)c4)[C@@H]4C=CC23O4)C1C. The van der Waals surface area contributed by atoms with E-state index in [1.807, 2.05) is 12.2 Å². The van der Waals surface area contributed by atoms with Crippen LogP contribution >= 0.6 is 11.6 Å². The summed E-state index contributed by atoms with van der Waals surface area (Å²) in [6, 6.07) is 3.55. The van der Waals surface area contributed by atoms with Crippen LogP contribution in [0.5, 0.6) is 0 Å². The van der Waals surface area contributed by atoms with Gasteiger partial charge in [-0.1, -0.05) is 56.9 Å². The van der Waals surface area contributed by atoms with Crippen molar-refractivity contribution in [1.29, 1.82) is 0 Å². The Balaban J connectivity index is 1.28. The summed E-state index contributed by atoms with van der Waals surface area (Å²) in [4.78, 5) is 46.2. The lowest BCUT2D eigenvalue weighted by atomic mass is 9.73. The summed E-state index contributed by atoms with van der Waals surface area (Å²) in [5, 5.41) is 6.02. The first kappa shape index (κ1) is 29.6. The Morgan fingerprint density at radius 1 is 1.10 bits per heavy atom. The van der Waals surface area contributed by atoms with E-state index < -0.39 is 41.3 Å². The zero-order valence-corrected chi connectivity index (χ0v) is 25.4. The number of fused-ring (bicyclic) bond motifs is 1. The predicted octanol–water partition coefficient (Wildman–Crippen LogP) is 4.38. The molecule has 1 aliphatic carbocycles. The second kappa shape index (κ2) is 11.5. The Bertz CT molecular complexity index is 1280. The number of rotatable bonds is 7. The van der Waals surface area contributed by atoms with E-state index in [1.165, 1.54) is 24.6 Å². The number of ether oxygens (including phenoxy) is 1. The molecule has 4 heterocycles. The first-order valence-electron chi connectivity index (χ1n) is 15.6. The third-order valence-corrected chi connectivity index (χ3v) is 11.0. The van der Waals surface area contributed by atoms with Crippen LogP contribution in [-0.4, -0.2) is 77.0 Å². The van der Waals surface area contributed by atoms with Crippen molar-refractivity contribution in [2.75, 3.05) is 25.0 Å². The normalized spacial score (nSPS) is 37.6. The topological polar surface area (TPSA) is 91.0 Å². The first-order valence-corrected chi connectivity index (χ1v) is 16.0. The number of nitrogens with one attached hydrogen (secondary N) is 2. The second-order valence-corrected chi connectivity index (χ2v) is 13.5. The van der Waals surface area contributed by atoms with Crippen molar-refractivity contribution in [2.45, 2.75) is 89.1 Å². The maximum absolute atomic E-state index is 14.3. The lowest BCUT2D eigenvalue weighted by Crippen LogP contribution is -2.58. The molecule has 3 amide bonds. The molecule has 1 saturated carbocycles. The minimum atomic E-state index is -1.22. The summed E-state index contributed by atoms with van der Waals surface area (Å²) in [6.07, 6.45) is 9.56. The van der Waals surface area contributed by atoms with E-state index in [9.17, 15) is 18.8 Å². The molecule has 9 atom stereocenters. The highest BCUT2D eigenvalue weighted by Gasteiger charge is 2.72. The Morgan fingerprint density at radius 2 is 1.90 bits per heavy atom. The third kappa shape index (κ3) is 5.05. The van der Waals surface area contributed by atoms with Gasteiger partial charge in [-0.05, 0) is 62.8 Å². The zero-order valence-electron chi connectivity index (χ0n) is 24.7. The molecule has 3 saturated heterocycles. The summed E-state index contributed by atoms with van der Waals surface area (Å²) in [5.41, 5.74) is -0.881. The van der Waals surface area contributed by atoms with Gasteiger partial charge in [-0.3, -0.25) is 19.3 Å². The standard InChI is InChI=1S/C32H42ClFN4O4/c1-18-7-6-9-24(20(18)3)36-30(40)28-32-13-12-25(42-32)26(29(39)35-21-10-11-23(34)22(33)17-21)27(32)31(41)38(28)16-15-37-14-5-4-8-19(37)2/h10-13,17-20,24-28H,4-9,14-16H2,1-3H3,(H,35,39)(H,36,40)/t18?,19?,20?,24?,25-,26?,27-,28?,32?/m0/s1. The van der Waals surface area contributed by atoms with Crippen LogP contribution in [-0.2, 0) is 19.1 Å². The van der Waals surface area contributed by atoms with Crippen molar-refractivity contribution in [2.24, 2.45) is 23.7 Å². The van der Waals surface area contributed by atoms with Crippen LogP contribution in [0.1, 0.15) is 59.3 Å². The molecule has 0 radical (unpaired) electrons. The molecule has 0 aromatic heterocycles. The van der Waals surface area contributed by atoms with Gasteiger partial charge in [0.05, 0.1) is 23.0 Å². The van der Waals surface area contributed by atoms with Crippen molar-refractivity contribution in [3.05, 3.63) is 41.2 Å². The summed E-state index contributed by atoms with van der Waals surface area (Å²) in [6.45, 7) is 8.64. The van der Waals surface area contributed by atoms with Crippen LogP contribution in [0.15, 0.2) is 30.4 Å². The molecule has 2 N–H and O–H groups in total. The molecule has 5 aliphatic rings. The van der Waals surface area contributed by atoms with Gasteiger partial charge >= 0.3 is 0 Å². The van der Waals surface area contributed by atoms with Gasteiger partial charge in [0.1, 0.15) is 17.5 Å². The van der Waals surface area contributed by atoms with E-state index >= 15 is 0 Å². The summed E-state index contributed by atoms with van der Waals surface area (Å²) in [7, 11) is 0. The van der Waals surface area contributed by atoms with Crippen LogP contribution in [0.3, 0.4) is 0 Å². The van der Waals surface area contributed by atoms with Crippen molar-refractivity contribution < 1.29 is 23.5 Å². The number of carbonyl (C=O) groups excluding carboxylic acids is 3. The maximum Gasteiger partial charge on any atom is 0.246 e. The minimum absolute atomic E-state index is 0.0284. The molecular weight excluding hydrogens is 559 g/mol. The third-order valence-electron chi connectivity index (χ3n) is 10.7. The fraction of sp³-hybridized carbons (Fsp3) is 0.656. The molecule has 10 heteroatoms.